The molecule has 0 saturated carbocycles. The van der Waals surface area contributed by atoms with Gasteiger partial charge in [-0.25, -0.2) is 9.97 Å². The summed E-state index contributed by atoms with van der Waals surface area (Å²) < 4.78 is 0.702. The van der Waals surface area contributed by atoms with Gasteiger partial charge in [0.2, 0.25) is 0 Å². The minimum absolute atomic E-state index is 0.426. The van der Waals surface area contributed by atoms with Crippen molar-refractivity contribution in [3.05, 3.63) is 10.8 Å². The molecular weight excluding hydrogens is 272 g/mol. The first-order chi connectivity index (χ1) is 7.49. The van der Waals surface area contributed by atoms with Crippen molar-refractivity contribution >= 4 is 27.6 Å². The third kappa shape index (κ3) is 2.27. The molecule has 5 nitrogen and oxygen atoms in total. The summed E-state index contributed by atoms with van der Waals surface area (Å²) in [6.45, 7) is 3.30. The van der Waals surface area contributed by atoms with Crippen molar-refractivity contribution in [3.8, 4) is 0 Å². The number of hydrogen-bond donors (Lipinski definition) is 2. The van der Waals surface area contributed by atoms with E-state index in [4.69, 9.17) is 5.73 Å². The van der Waals surface area contributed by atoms with Gasteiger partial charge in [-0.1, -0.05) is 0 Å². The van der Waals surface area contributed by atoms with Gasteiger partial charge in [0, 0.05) is 13.1 Å². The summed E-state index contributed by atoms with van der Waals surface area (Å²) >= 11 is 3.38. The third-order valence-electron chi connectivity index (χ3n) is 2.77. The summed E-state index contributed by atoms with van der Waals surface area (Å²) in [5.41, 5.74) is 5.05. The van der Waals surface area contributed by atoms with Gasteiger partial charge in [-0.05, 0) is 35.7 Å². The molecule has 0 radical (unpaired) electrons. The maximum Gasteiger partial charge on any atom is 0.148 e. The minimum Gasteiger partial charge on any atom is -0.388 e. The molecular formula is C10H15BrN4O. The molecule has 0 spiro atoms. The van der Waals surface area contributed by atoms with Crippen LogP contribution in [-0.4, -0.2) is 33.8 Å². The van der Waals surface area contributed by atoms with Crippen LogP contribution in [-0.2, 0) is 0 Å². The van der Waals surface area contributed by atoms with Gasteiger partial charge in [-0.3, -0.25) is 0 Å². The Morgan fingerprint density at radius 3 is 3.00 bits per heavy atom. The predicted molar refractivity (Wildman–Crippen MR) is 66.2 cm³/mol. The molecule has 3 N–H and O–H groups in total. The first-order valence-corrected chi connectivity index (χ1v) is 6.02. The van der Waals surface area contributed by atoms with Gasteiger partial charge in [-0.15, -0.1) is 0 Å². The Bertz CT molecular complexity index is 396. The standard InChI is InChI=1S/C10H15BrN4O/c1-10(16)3-2-4-15(5-10)9-7(11)8(12)13-6-14-9/h6,16H,2-5H2,1H3,(H2,12,13,14). The summed E-state index contributed by atoms with van der Waals surface area (Å²) in [4.78, 5) is 10.1. The molecule has 2 rings (SSSR count). The Morgan fingerprint density at radius 1 is 1.56 bits per heavy atom. The average Bonchev–Trinajstić information content (AvgIpc) is 2.20. The fourth-order valence-corrected chi connectivity index (χ4v) is 2.45. The van der Waals surface area contributed by atoms with Crippen LogP contribution < -0.4 is 10.6 Å². The molecule has 0 aromatic carbocycles. The highest BCUT2D eigenvalue weighted by molar-refractivity contribution is 9.10. The molecule has 1 aromatic rings. The Kier molecular flexibility index (Phi) is 3.03. The lowest BCUT2D eigenvalue weighted by molar-refractivity contribution is 0.0446. The molecule has 16 heavy (non-hydrogen) atoms. The Hall–Kier alpha value is -0.880. The number of rotatable bonds is 1. The van der Waals surface area contributed by atoms with Gasteiger partial charge in [-0.2, -0.15) is 0 Å². The van der Waals surface area contributed by atoms with E-state index in [9.17, 15) is 5.11 Å². The number of anilines is 2. The lowest BCUT2D eigenvalue weighted by Crippen LogP contribution is -2.46. The number of aromatic nitrogens is 2. The largest absolute Gasteiger partial charge is 0.388 e. The monoisotopic (exact) mass is 286 g/mol. The van der Waals surface area contributed by atoms with Gasteiger partial charge >= 0.3 is 0 Å². The minimum atomic E-state index is -0.655. The van der Waals surface area contributed by atoms with E-state index in [0.29, 0.717) is 16.8 Å². The normalized spacial score (nSPS) is 25.8. The maximum absolute atomic E-state index is 10.0. The van der Waals surface area contributed by atoms with Crippen LogP contribution in [0.4, 0.5) is 11.6 Å². The lowest BCUT2D eigenvalue weighted by atomic mass is 9.95. The van der Waals surface area contributed by atoms with Crippen molar-refractivity contribution in [2.75, 3.05) is 23.7 Å². The first kappa shape index (κ1) is 11.6. The second-order valence-electron chi connectivity index (χ2n) is 4.42. The number of piperidine rings is 1. The summed E-state index contributed by atoms with van der Waals surface area (Å²) in [5, 5.41) is 10.0. The van der Waals surface area contributed by atoms with Crippen LogP contribution in [0, 0.1) is 0 Å². The SMILES string of the molecule is CC1(O)CCCN(c2ncnc(N)c2Br)C1. The van der Waals surface area contributed by atoms with E-state index in [1.165, 1.54) is 6.33 Å². The highest BCUT2D eigenvalue weighted by Crippen LogP contribution is 2.31. The van der Waals surface area contributed by atoms with E-state index >= 15 is 0 Å². The number of nitrogens with zero attached hydrogens (tertiary/aromatic N) is 3. The molecule has 1 atom stereocenters. The van der Waals surface area contributed by atoms with Crippen LogP contribution in [0.2, 0.25) is 0 Å². The number of halogens is 1. The predicted octanol–water partition coefficient (Wildman–Crippen LogP) is 1.17. The quantitative estimate of drug-likeness (QED) is 0.811. The number of β-amino-alcohol motifs (C(OH)–C–C–N with tert-alkyl or cyclic N) is 1. The van der Waals surface area contributed by atoms with E-state index in [1.54, 1.807) is 0 Å². The third-order valence-corrected chi connectivity index (χ3v) is 3.53. The van der Waals surface area contributed by atoms with Crippen LogP contribution in [0.25, 0.3) is 0 Å². The zero-order valence-corrected chi connectivity index (χ0v) is 10.7. The molecule has 1 saturated heterocycles. The summed E-state index contributed by atoms with van der Waals surface area (Å²) in [6, 6.07) is 0. The van der Waals surface area contributed by atoms with Crippen LogP contribution in [0.5, 0.6) is 0 Å². The van der Waals surface area contributed by atoms with Gasteiger partial charge in [0.1, 0.15) is 22.4 Å². The van der Waals surface area contributed by atoms with Crippen molar-refractivity contribution < 1.29 is 5.11 Å². The molecule has 1 aromatic heterocycles. The average molecular weight is 287 g/mol. The molecule has 0 amide bonds. The topological polar surface area (TPSA) is 75.3 Å². The molecule has 88 valence electrons. The Balaban J connectivity index is 2.27. The first-order valence-electron chi connectivity index (χ1n) is 5.23. The number of nitrogens with two attached hydrogens (primary N) is 1. The maximum atomic E-state index is 10.0. The molecule has 1 fully saturated rings. The van der Waals surface area contributed by atoms with Gasteiger partial charge in [0.15, 0.2) is 0 Å². The van der Waals surface area contributed by atoms with Crippen molar-refractivity contribution in [3.63, 3.8) is 0 Å². The van der Waals surface area contributed by atoms with Crippen molar-refractivity contribution in [1.82, 2.24) is 9.97 Å². The number of aliphatic hydroxyl groups is 1. The molecule has 6 heteroatoms. The van der Waals surface area contributed by atoms with Gasteiger partial charge < -0.3 is 15.7 Å². The zero-order valence-electron chi connectivity index (χ0n) is 9.15. The van der Waals surface area contributed by atoms with E-state index in [2.05, 4.69) is 25.9 Å². The zero-order chi connectivity index (χ0) is 11.8. The van der Waals surface area contributed by atoms with Crippen molar-refractivity contribution in [2.45, 2.75) is 25.4 Å². The van der Waals surface area contributed by atoms with E-state index in [0.717, 1.165) is 25.2 Å². The molecule has 0 aliphatic carbocycles. The summed E-state index contributed by atoms with van der Waals surface area (Å²) in [5.74, 6) is 1.18. The van der Waals surface area contributed by atoms with Crippen LogP contribution in [0.3, 0.4) is 0 Å². The molecule has 1 aliphatic heterocycles. The molecule has 2 heterocycles. The second kappa shape index (κ2) is 4.18. The molecule has 1 aliphatic rings. The fourth-order valence-electron chi connectivity index (χ4n) is 1.99. The molecule has 0 bridgehead atoms. The van der Waals surface area contributed by atoms with Crippen molar-refractivity contribution in [2.24, 2.45) is 0 Å². The van der Waals surface area contributed by atoms with Crippen molar-refractivity contribution in [1.29, 1.82) is 0 Å². The fraction of sp³-hybridized carbons (Fsp3) is 0.600. The van der Waals surface area contributed by atoms with Crippen LogP contribution in [0.1, 0.15) is 19.8 Å². The molecule has 1 unspecified atom stereocenters. The van der Waals surface area contributed by atoms with Crippen LogP contribution >= 0.6 is 15.9 Å². The number of hydrogen-bond acceptors (Lipinski definition) is 5. The van der Waals surface area contributed by atoms with Crippen LogP contribution in [0.15, 0.2) is 10.8 Å². The lowest BCUT2D eigenvalue weighted by Gasteiger charge is -2.37. The highest BCUT2D eigenvalue weighted by atomic mass is 79.9. The van der Waals surface area contributed by atoms with E-state index < -0.39 is 5.60 Å². The smallest absolute Gasteiger partial charge is 0.148 e. The van der Waals surface area contributed by atoms with E-state index in [1.807, 2.05) is 11.8 Å². The Labute approximate surface area is 103 Å². The van der Waals surface area contributed by atoms with Gasteiger partial charge in [0.25, 0.3) is 0 Å². The summed E-state index contributed by atoms with van der Waals surface area (Å²) in [6.07, 6.45) is 3.21. The summed E-state index contributed by atoms with van der Waals surface area (Å²) in [7, 11) is 0. The number of nitrogen functional groups attached to an aromatic ring is 1. The Morgan fingerprint density at radius 2 is 2.31 bits per heavy atom. The van der Waals surface area contributed by atoms with E-state index in [-0.39, 0.29) is 0 Å². The second-order valence-corrected chi connectivity index (χ2v) is 5.21. The van der Waals surface area contributed by atoms with Gasteiger partial charge in [0.05, 0.1) is 5.60 Å². The highest BCUT2D eigenvalue weighted by Gasteiger charge is 2.30.